The number of ether oxygens (including phenoxy) is 1. The lowest BCUT2D eigenvalue weighted by Crippen LogP contribution is -2.22. The predicted molar refractivity (Wildman–Crippen MR) is 104 cm³/mol. The van der Waals surface area contributed by atoms with E-state index in [9.17, 15) is 4.39 Å². The zero-order chi connectivity index (χ0) is 18.4. The molecule has 6 heteroatoms. The molecule has 2 N–H and O–H groups in total. The number of nitrogens with one attached hydrogen (secondary N) is 2. The SMILES string of the molecule is Fc1ccc(OCc2cc(Cl)cc(Cl)c2CNNc2ccccc2)cc1. The van der Waals surface area contributed by atoms with Gasteiger partial charge in [-0.3, -0.25) is 0 Å². The van der Waals surface area contributed by atoms with Crippen molar-refractivity contribution in [1.82, 2.24) is 5.43 Å². The molecule has 0 radical (unpaired) electrons. The number of anilines is 1. The molecule has 0 heterocycles. The third kappa shape index (κ3) is 5.11. The first-order valence-electron chi connectivity index (χ1n) is 8.01. The monoisotopic (exact) mass is 390 g/mol. The lowest BCUT2D eigenvalue weighted by Gasteiger charge is -2.15. The molecular weight excluding hydrogens is 374 g/mol. The van der Waals surface area contributed by atoms with Crippen LogP contribution in [0.2, 0.25) is 10.0 Å². The molecule has 0 aliphatic rings. The van der Waals surface area contributed by atoms with Gasteiger partial charge in [0.1, 0.15) is 18.2 Å². The highest BCUT2D eigenvalue weighted by Gasteiger charge is 2.10. The van der Waals surface area contributed by atoms with Gasteiger partial charge in [-0.15, -0.1) is 0 Å². The quantitative estimate of drug-likeness (QED) is 0.498. The number of hydrazine groups is 1. The summed E-state index contributed by atoms with van der Waals surface area (Å²) in [4.78, 5) is 0. The van der Waals surface area contributed by atoms with Crippen LogP contribution in [-0.4, -0.2) is 0 Å². The van der Waals surface area contributed by atoms with E-state index in [-0.39, 0.29) is 12.4 Å². The van der Waals surface area contributed by atoms with Gasteiger partial charge in [0.05, 0.1) is 0 Å². The number of hydrogen-bond donors (Lipinski definition) is 2. The standard InChI is InChI=1S/C20H17Cl2FN2O/c21-15-10-14(13-26-18-8-6-16(23)7-9-18)19(20(22)11-15)12-24-25-17-4-2-1-3-5-17/h1-11,24-25H,12-13H2. The van der Waals surface area contributed by atoms with Crippen LogP contribution in [0.1, 0.15) is 11.1 Å². The first-order valence-corrected chi connectivity index (χ1v) is 8.76. The van der Waals surface area contributed by atoms with Crippen molar-refractivity contribution >= 4 is 28.9 Å². The summed E-state index contributed by atoms with van der Waals surface area (Å²) in [7, 11) is 0. The summed E-state index contributed by atoms with van der Waals surface area (Å²) in [5.74, 6) is 0.267. The van der Waals surface area contributed by atoms with Crippen LogP contribution in [0, 0.1) is 5.82 Å². The van der Waals surface area contributed by atoms with Crippen molar-refractivity contribution in [1.29, 1.82) is 0 Å². The third-order valence-electron chi connectivity index (χ3n) is 3.73. The van der Waals surface area contributed by atoms with Crippen molar-refractivity contribution in [3.8, 4) is 5.75 Å². The molecule has 3 aromatic carbocycles. The molecule has 0 saturated carbocycles. The molecule has 134 valence electrons. The second-order valence-corrected chi connectivity index (χ2v) is 6.46. The maximum atomic E-state index is 13.0. The highest BCUT2D eigenvalue weighted by atomic mass is 35.5. The van der Waals surface area contributed by atoms with Gasteiger partial charge in [-0.2, -0.15) is 0 Å². The predicted octanol–water partition coefficient (Wildman–Crippen LogP) is 5.83. The van der Waals surface area contributed by atoms with E-state index in [0.717, 1.165) is 16.8 Å². The van der Waals surface area contributed by atoms with E-state index in [0.29, 0.717) is 22.3 Å². The molecule has 3 nitrogen and oxygen atoms in total. The van der Waals surface area contributed by atoms with Gasteiger partial charge >= 0.3 is 0 Å². The van der Waals surface area contributed by atoms with Crippen molar-refractivity contribution in [2.24, 2.45) is 0 Å². The molecule has 0 unspecified atom stereocenters. The van der Waals surface area contributed by atoms with Crippen molar-refractivity contribution in [2.45, 2.75) is 13.2 Å². The maximum Gasteiger partial charge on any atom is 0.123 e. The number of benzene rings is 3. The van der Waals surface area contributed by atoms with Crippen LogP contribution in [0.3, 0.4) is 0 Å². The van der Waals surface area contributed by atoms with Crippen molar-refractivity contribution in [2.75, 3.05) is 5.43 Å². The molecule has 3 aromatic rings. The Kier molecular flexibility index (Phi) is 6.34. The van der Waals surface area contributed by atoms with Crippen LogP contribution < -0.4 is 15.6 Å². The van der Waals surface area contributed by atoms with Gasteiger partial charge in [0, 0.05) is 22.3 Å². The Bertz CT molecular complexity index is 858. The first kappa shape index (κ1) is 18.5. The Morgan fingerprint density at radius 1 is 0.923 bits per heavy atom. The molecule has 0 amide bonds. The van der Waals surface area contributed by atoms with Crippen molar-refractivity contribution in [3.05, 3.63) is 93.7 Å². The zero-order valence-electron chi connectivity index (χ0n) is 13.8. The molecule has 0 fully saturated rings. The lowest BCUT2D eigenvalue weighted by molar-refractivity contribution is 0.304. The largest absolute Gasteiger partial charge is 0.489 e. The molecule has 0 aliphatic heterocycles. The highest BCUT2D eigenvalue weighted by Crippen LogP contribution is 2.27. The van der Waals surface area contributed by atoms with Crippen LogP contribution in [0.5, 0.6) is 5.75 Å². The number of rotatable bonds is 7. The minimum Gasteiger partial charge on any atom is -0.489 e. The molecule has 0 spiro atoms. The maximum absolute atomic E-state index is 13.0. The fourth-order valence-electron chi connectivity index (χ4n) is 2.43. The van der Waals surface area contributed by atoms with Crippen LogP contribution in [0.15, 0.2) is 66.7 Å². The van der Waals surface area contributed by atoms with Gasteiger partial charge in [0.25, 0.3) is 0 Å². The van der Waals surface area contributed by atoms with E-state index in [1.54, 1.807) is 18.2 Å². The van der Waals surface area contributed by atoms with Crippen LogP contribution in [0.25, 0.3) is 0 Å². The number of halogens is 3. The minimum absolute atomic E-state index is 0.272. The summed E-state index contributed by atoms with van der Waals surface area (Å²) in [6.07, 6.45) is 0. The lowest BCUT2D eigenvalue weighted by atomic mass is 10.1. The zero-order valence-corrected chi connectivity index (χ0v) is 15.3. The van der Waals surface area contributed by atoms with Gasteiger partial charge in [0.15, 0.2) is 0 Å². The van der Waals surface area contributed by atoms with E-state index in [1.165, 1.54) is 12.1 Å². The summed E-state index contributed by atoms with van der Waals surface area (Å²) in [6.45, 7) is 0.751. The third-order valence-corrected chi connectivity index (χ3v) is 4.29. The average Bonchev–Trinajstić information content (AvgIpc) is 2.64. The normalized spacial score (nSPS) is 10.6. The van der Waals surface area contributed by atoms with E-state index < -0.39 is 0 Å². The van der Waals surface area contributed by atoms with Crippen LogP contribution in [-0.2, 0) is 13.2 Å². The van der Waals surface area contributed by atoms with Gasteiger partial charge < -0.3 is 10.2 Å². The molecular formula is C20H17Cl2FN2O. The van der Waals surface area contributed by atoms with Gasteiger partial charge in [-0.1, -0.05) is 41.4 Å². The number of hydrogen-bond acceptors (Lipinski definition) is 3. The van der Waals surface area contributed by atoms with Crippen LogP contribution >= 0.6 is 23.2 Å². The Morgan fingerprint density at radius 3 is 2.38 bits per heavy atom. The van der Waals surface area contributed by atoms with Crippen molar-refractivity contribution in [3.63, 3.8) is 0 Å². The Hall–Kier alpha value is -2.27. The second-order valence-electron chi connectivity index (χ2n) is 5.61. The minimum atomic E-state index is -0.306. The topological polar surface area (TPSA) is 33.3 Å². The van der Waals surface area contributed by atoms with Crippen molar-refractivity contribution < 1.29 is 9.13 Å². The van der Waals surface area contributed by atoms with Gasteiger partial charge in [-0.05, 0) is 59.7 Å². The Morgan fingerprint density at radius 2 is 1.65 bits per heavy atom. The summed E-state index contributed by atoms with van der Waals surface area (Å²) >= 11 is 12.5. The van der Waals surface area contributed by atoms with E-state index in [4.69, 9.17) is 27.9 Å². The Labute approximate surface area is 161 Å². The fourth-order valence-corrected chi connectivity index (χ4v) is 3.03. The summed E-state index contributed by atoms with van der Waals surface area (Å²) in [5.41, 5.74) is 8.94. The smallest absolute Gasteiger partial charge is 0.123 e. The average molecular weight is 391 g/mol. The van der Waals surface area contributed by atoms with E-state index in [1.807, 2.05) is 36.4 Å². The van der Waals surface area contributed by atoms with E-state index >= 15 is 0 Å². The summed E-state index contributed by atoms with van der Waals surface area (Å²) in [6, 6.07) is 19.1. The molecule has 0 atom stereocenters. The second kappa shape index (κ2) is 8.90. The molecule has 0 aliphatic carbocycles. The summed E-state index contributed by atoms with van der Waals surface area (Å²) < 4.78 is 18.7. The number of para-hydroxylation sites is 1. The molecule has 0 bridgehead atoms. The molecule has 3 rings (SSSR count). The molecule has 26 heavy (non-hydrogen) atoms. The molecule has 0 saturated heterocycles. The first-order chi connectivity index (χ1) is 12.6. The molecule has 0 aromatic heterocycles. The van der Waals surface area contributed by atoms with Gasteiger partial charge in [-0.25, -0.2) is 9.82 Å². The van der Waals surface area contributed by atoms with E-state index in [2.05, 4.69) is 10.9 Å². The highest BCUT2D eigenvalue weighted by molar-refractivity contribution is 6.35. The fraction of sp³-hybridized carbons (Fsp3) is 0.100. The van der Waals surface area contributed by atoms with Gasteiger partial charge in [0.2, 0.25) is 0 Å². The van der Waals surface area contributed by atoms with Crippen LogP contribution in [0.4, 0.5) is 10.1 Å². The Balaban J connectivity index is 1.68. The summed E-state index contributed by atoms with van der Waals surface area (Å²) in [5, 5.41) is 1.09.